The molecule has 3 fully saturated rings. The second-order valence-corrected chi connectivity index (χ2v) is 19.6. The van der Waals surface area contributed by atoms with E-state index in [-0.39, 0.29) is 60.6 Å². The zero-order valence-corrected chi connectivity index (χ0v) is 42.4. The highest BCUT2D eigenvalue weighted by Gasteiger charge is 2.42. The van der Waals surface area contributed by atoms with Gasteiger partial charge in [-0.25, -0.2) is 19.1 Å². The lowest BCUT2D eigenvalue weighted by atomic mass is 9.87. The van der Waals surface area contributed by atoms with E-state index >= 15 is 0 Å². The van der Waals surface area contributed by atoms with E-state index in [0.717, 1.165) is 42.6 Å². The normalized spacial score (nSPS) is 25.8. The van der Waals surface area contributed by atoms with E-state index < -0.39 is 24.3 Å². The lowest BCUT2D eigenvalue weighted by Crippen LogP contribution is -2.51. The summed E-state index contributed by atoms with van der Waals surface area (Å²) in [5, 5.41) is 31.5. The first kappa shape index (κ1) is 56.1. The Kier molecular flexibility index (Phi) is 24.7. The van der Waals surface area contributed by atoms with Crippen molar-refractivity contribution in [2.24, 2.45) is 11.8 Å². The van der Waals surface area contributed by atoms with Crippen LogP contribution in [0.25, 0.3) is 0 Å². The van der Waals surface area contributed by atoms with Gasteiger partial charge in [0.2, 0.25) is 5.91 Å². The fourth-order valence-corrected chi connectivity index (χ4v) is 10.2. The number of ether oxygens (including phenoxy) is 6. The van der Waals surface area contributed by atoms with Crippen molar-refractivity contribution >= 4 is 35.8 Å². The fourth-order valence-electron chi connectivity index (χ4n) is 8.66. The average Bonchev–Trinajstić information content (AvgIpc) is 4.04. The Balaban J connectivity index is 0.918. The van der Waals surface area contributed by atoms with Gasteiger partial charge in [0.15, 0.2) is 0 Å². The van der Waals surface area contributed by atoms with Crippen molar-refractivity contribution in [2.45, 2.75) is 140 Å². The fraction of sp³-hybridized carbons (Fsp3) is 0.647. The molecule has 3 saturated heterocycles. The van der Waals surface area contributed by atoms with Crippen molar-refractivity contribution in [3.05, 3.63) is 83.8 Å². The number of carbonyl (C=O) groups is 4. The molecule has 4 amide bonds. The van der Waals surface area contributed by atoms with Crippen LogP contribution in [-0.4, -0.2) is 150 Å². The van der Waals surface area contributed by atoms with Crippen molar-refractivity contribution in [1.29, 1.82) is 0 Å². The van der Waals surface area contributed by atoms with Gasteiger partial charge in [0.05, 0.1) is 94.9 Å². The summed E-state index contributed by atoms with van der Waals surface area (Å²) < 4.78 is 35.8. The molecule has 1 aromatic heterocycles. The van der Waals surface area contributed by atoms with Crippen LogP contribution in [0.4, 0.5) is 9.59 Å². The molecule has 10 atom stereocenters. The zero-order chi connectivity index (χ0) is 50.1. The molecule has 4 aliphatic heterocycles. The van der Waals surface area contributed by atoms with Crippen molar-refractivity contribution in [2.75, 3.05) is 58.5 Å². The van der Waals surface area contributed by atoms with E-state index in [1.54, 1.807) is 10.9 Å². The summed E-state index contributed by atoms with van der Waals surface area (Å²) >= 11 is 1.89. The first-order valence-electron chi connectivity index (χ1n) is 24.9. The number of cyclic esters (lactones) is 1. The maximum atomic E-state index is 13.2. The van der Waals surface area contributed by atoms with Gasteiger partial charge in [-0.15, -0.1) is 5.10 Å². The number of hydrogen-bond donors (Lipinski definition) is 5. The first-order chi connectivity index (χ1) is 33.9. The van der Waals surface area contributed by atoms with Crippen LogP contribution in [0.1, 0.15) is 85.3 Å². The van der Waals surface area contributed by atoms with E-state index in [0.29, 0.717) is 89.4 Å². The molecule has 0 aliphatic carbocycles. The number of rotatable bonds is 30. The van der Waals surface area contributed by atoms with Crippen LogP contribution < -0.4 is 21.3 Å². The molecule has 18 nitrogen and oxygen atoms in total. The van der Waals surface area contributed by atoms with Gasteiger partial charge in [0, 0.05) is 61.4 Å². The van der Waals surface area contributed by atoms with Crippen LogP contribution in [0.5, 0.6) is 0 Å². The van der Waals surface area contributed by atoms with Crippen molar-refractivity contribution in [3.63, 3.8) is 0 Å². The largest absolute Gasteiger partial charge is 0.455 e. The van der Waals surface area contributed by atoms with Gasteiger partial charge < -0.3 is 54.8 Å². The number of aliphatic hydroxyl groups is 1. The summed E-state index contributed by atoms with van der Waals surface area (Å²) in [6.07, 6.45) is 24.0. The molecule has 1 aromatic rings. The molecule has 0 bridgehead atoms. The number of alkyl carbamates (subject to hydrolysis) is 1. The summed E-state index contributed by atoms with van der Waals surface area (Å²) in [4.78, 5) is 48.4. The minimum atomic E-state index is -0.607. The van der Waals surface area contributed by atoms with Gasteiger partial charge >= 0.3 is 18.1 Å². The zero-order valence-electron chi connectivity index (χ0n) is 41.6. The van der Waals surface area contributed by atoms with Gasteiger partial charge in [-0.2, -0.15) is 11.8 Å². The second kappa shape index (κ2) is 30.8. The molecular weight excluding hydrogens is 919 g/mol. The van der Waals surface area contributed by atoms with Crippen LogP contribution in [0.15, 0.2) is 78.1 Å². The molecule has 70 heavy (non-hydrogen) atoms. The van der Waals surface area contributed by atoms with Crippen LogP contribution >= 0.6 is 11.8 Å². The third-order valence-corrected chi connectivity index (χ3v) is 13.9. The molecule has 19 heteroatoms. The third-order valence-electron chi connectivity index (χ3n) is 12.4. The number of urea groups is 1. The highest BCUT2D eigenvalue weighted by Crippen LogP contribution is 2.33. The highest BCUT2D eigenvalue weighted by atomic mass is 32.2. The lowest BCUT2D eigenvalue weighted by Gasteiger charge is -2.39. The number of unbranched alkanes of at least 4 members (excludes halogenated alkanes) is 1. The maximum absolute atomic E-state index is 13.2. The predicted octanol–water partition coefficient (Wildman–Crippen LogP) is 5.44. The number of aliphatic hydroxyl groups excluding tert-OH is 1. The average molecular weight is 996 g/mol. The smallest absolute Gasteiger partial charge is 0.407 e. The molecule has 0 spiro atoms. The van der Waals surface area contributed by atoms with E-state index in [2.05, 4.69) is 51.5 Å². The Labute approximate surface area is 417 Å². The molecule has 5 heterocycles. The number of allylic oxidation sites excluding steroid dienone is 7. The van der Waals surface area contributed by atoms with Crippen molar-refractivity contribution in [1.82, 2.24) is 36.3 Å². The minimum Gasteiger partial charge on any atom is -0.455 e. The molecular formula is C51H77N7O11S. The molecule has 0 aromatic carbocycles. The van der Waals surface area contributed by atoms with E-state index in [1.807, 2.05) is 81.1 Å². The molecule has 0 radical (unpaired) electrons. The number of thioether (sulfide) groups is 1. The Hall–Kier alpha value is -4.79. The lowest BCUT2D eigenvalue weighted by molar-refractivity contribution is -0.141. The summed E-state index contributed by atoms with van der Waals surface area (Å²) in [6, 6.07) is -0.208. The highest BCUT2D eigenvalue weighted by molar-refractivity contribution is 8.00. The number of fused-ring (bicyclic) bond motifs is 1. The Morgan fingerprint density at radius 3 is 2.63 bits per heavy atom. The van der Waals surface area contributed by atoms with Crippen LogP contribution in [0, 0.1) is 11.8 Å². The minimum absolute atomic E-state index is 0.0221. The number of nitrogens with one attached hydrogen (secondary N) is 4. The number of esters is 1. The van der Waals surface area contributed by atoms with Gasteiger partial charge in [-0.05, 0) is 52.0 Å². The standard InChI is InChI=1S/C51H77N7O11S/c1-6-11-44-38(5)43(59)32-45(69-44)41(14-9-12-35(2)30-37(4)31-36(3)18-19-40-13-10-17-48(61)68-40)54-51(63)67-23-20-39-33-58(57-56-39)22-25-65-27-29-66-28-26-64-24-21-52-47(60)16-8-7-15-46-49-42(34-70-46)53-50(62)55-49/h6,9-12,14,17-19,31,33,37-38,40-46,49,59H,7-8,13,15-16,20-30,32,34H2,1-5H3,(H,52,60)(H,54,63)(H2,53,55,62)/b11-6+,14-9+,19-18+,35-12+,36-31-/t37-,38+,40-,41+,42+,43-,44+,45+,46+,49+/m1/s1. The first-order valence-corrected chi connectivity index (χ1v) is 26.0. The monoisotopic (exact) mass is 996 g/mol. The predicted molar refractivity (Wildman–Crippen MR) is 268 cm³/mol. The van der Waals surface area contributed by atoms with Gasteiger partial charge in [0.25, 0.3) is 0 Å². The summed E-state index contributed by atoms with van der Waals surface area (Å²) in [7, 11) is 0. The quantitative estimate of drug-likeness (QED) is 0.0213. The number of nitrogens with zero attached hydrogens (tertiary/aromatic N) is 3. The molecule has 388 valence electrons. The van der Waals surface area contributed by atoms with Gasteiger partial charge in [0.1, 0.15) is 6.10 Å². The number of amides is 4. The Morgan fingerprint density at radius 2 is 1.84 bits per heavy atom. The van der Waals surface area contributed by atoms with Crippen LogP contribution in [0.2, 0.25) is 0 Å². The third kappa shape index (κ3) is 20.5. The summed E-state index contributed by atoms with van der Waals surface area (Å²) in [6.45, 7) is 13.6. The van der Waals surface area contributed by atoms with Gasteiger partial charge in [-0.3, -0.25) is 4.79 Å². The number of carbonyl (C=O) groups excluding carboxylic acids is 4. The Bertz CT molecular complexity index is 1990. The van der Waals surface area contributed by atoms with Crippen molar-refractivity contribution < 1.29 is 52.7 Å². The molecule has 0 saturated carbocycles. The Morgan fingerprint density at radius 1 is 1.06 bits per heavy atom. The molecule has 5 N–H and O–H groups in total. The van der Waals surface area contributed by atoms with Crippen LogP contribution in [0.3, 0.4) is 0 Å². The molecule has 5 rings (SSSR count). The molecule has 0 unspecified atom stereocenters. The topological polar surface area (TPSA) is 223 Å². The summed E-state index contributed by atoms with van der Waals surface area (Å²) in [5.74, 6) is 0.807. The van der Waals surface area contributed by atoms with E-state index in [9.17, 15) is 24.3 Å². The van der Waals surface area contributed by atoms with Crippen LogP contribution in [-0.2, 0) is 51.0 Å². The van der Waals surface area contributed by atoms with E-state index in [4.69, 9.17) is 28.4 Å². The maximum Gasteiger partial charge on any atom is 0.407 e. The number of hydrogen-bond acceptors (Lipinski definition) is 14. The number of aromatic nitrogens is 3. The SMILES string of the molecule is C/C=C/[C@@H]1O[C@H]([C@H](/C=C/C=C(\C)C[C@@H](C)/C=C(C)\C=C\[C@H]2CC=CC(=O)O2)NC(=O)OCCc2cn(CCOCCOCCOCCNC(=O)CCCC[C@@H]3SC[C@@H]4NC(=O)N[C@@H]43)nn2)C[C@@H](O)[C@@H]1C. The van der Waals surface area contributed by atoms with Crippen molar-refractivity contribution in [3.8, 4) is 0 Å². The molecule has 4 aliphatic rings. The second-order valence-electron chi connectivity index (χ2n) is 18.4. The summed E-state index contributed by atoms with van der Waals surface area (Å²) in [5.41, 5.74) is 2.90. The van der Waals surface area contributed by atoms with Gasteiger partial charge in [-0.1, -0.05) is 85.2 Å². The van der Waals surface area contributed by atoms with E-state index in [1.165, 1.54) is 6.08 Å².